The second-order valence-corrected chi connectivity index (χ2v) is 11.1. The number of amides is 2. The lowest BCUT2D eigenvalue weighted by atomic mass is 9.81. The van der Waals surface area contributed by atoms with E-state index in [9.17, 15) is 19.5 Å². The number of carbonyl (C=O) groups is 3. The molecule has 9 nitrogen and oxygen atoms in total. The summed E-state index contributed by atoms with van der Waals surface area (Å²) in [5.41, 5.74) is 3.04. The maximum absolute atomic E-state index is 13.2. The molecular formula is C38H31N3O6. The Morgan fingerprint density at radius 2 is 1.66 bits per heavy atom. The number of rotatable bonds is 10. The van der Waals surface area contributed by atoms with Crippen molar-refractivity contribution >= 4 is 39.9 Å². The number of aromatic amines is 1. The molecule has 3 aromatic carbocycles. The van der Waals surface area contributed by atoms with E-state index < -0.39 is 17.5 Å². The first-order valence-electron chi connectivity index (χ1n) is 15.1. The summed E-state index contributed by atoms with van der Waals surface area (Å²) in [7, 11) is 0. The largest absolute Gasteiger partial charge is 0.376 e. The highest BCUT2D eigenvalue weighted by Crippen LogP contribution is 2.30. The summed E-state index contributed by atoms with van der Waals surface area (Å²) in [5.74, 6) is 10.2. The lowest BCUT2D eigenvalue weighted by Gasteiger charge is -2.31. The number of Topliss-reactive ketones (excluding diaryl/α,β-unsaturated/α-hetero) is 1. The molecule has 0 aliphatic heterocycles. The molecule has 234 valence electrons. The van der Waals surface area contributed by atoms with Crippen molar-refractivity contribution in [3.63, 3.8) is 0 Å². The lowest BCUT2D eigenvalue weighted by Crippen LogP contribution is -2.45. The van der Waals surface area contributed by atoms with E-state index in [0.29, 0.717) is 29.9 Å². The zero-order valence-corrected chi connectivity index (χ0v) is 25.3. The normalized spacial score (nSPS) is 19.0. The van der Waals surface area contributed by atoms with Crippen molar-refractivity contribution in [2.24, 2.45) is 0 Å². The number of benzene rings is 3. The Morgan fingerprint density at radius 1 is 0.936 bits per heavy atom. The van der Waals surface area contributed by atoms with Crippen molar-refractivity contribution in [2.75, 3.05) is 17.4 Å². The van der Waals surface area contributed by atoms with Crippen molar-refractivity contribution < 1.29 is 29.0 Å². The van der Waals surface area contributed by atoms with Crippen LogP contribution in [-0.4, -0.2) is 46.2 Å². The first-order chi connectivity index (χ1) is 22.9. The molecule has 4 aromatic rings. The summed E-state index contributed by atoms with van der Waals surface area (Å²) >= 11 is 0. The number of hydrogen-bond acceptors (Lipinski definition) is 6. The van der Waals surface area contributed by atoms with E-state index in [0.717, 1.165) is 22.0 Å². The Hall–Kier alpha value is -5.71. The van der Waals surface area contributed by atoms with Crippen molar-refractivity contribution in [3.05, 3.63) is 119 Å². The van der Waals surface area contributed by atoms with Gasteiger partial charge in [0.1, 0.15) is 18.6 Å². The van der Waals surface area contributed by atoms with Crippen LogP contribution >= 0.6 is 0 Å². The van der Waals surface area contributed by atoms with Gasteiger partial charge in [-0.1, -0.05) is 72.2 Å². The van der Waals surface area contributed by atoms with Gasteiger partial charge in [0.2, 0.25) is 11.7 Å². The van der Waals surface area contributed by atoms with Crippen LogP contribution in [0.2, 0.25) is 0 Å². The topological polar surface area (TPSA) is 130 Å². The molecule has 6 rings (SSSR count). The molecule has 2 aliphatic rings. The fourth-order valence-corrected chi connectivity index (χ4v) is 5.32. The van der Waals surface area contributed by atoms with Crippen LogP contribution in [0.15, 0.2) is 103 Å². The maximum atomic E-state index is 13.2. The van der Waals surface area contributed by atoms with Gasteiger partial charge in [-0.2, -0.15) is 0 Å². The number of allylic oxidation sites excluding steroid dienone is 3. The molecule has 0 fully saturated rings. The minimum absolute atomic E-state index is 0.172. The molecule has 2 atom stereocenters. The van der Waals surface area contributed by atoms with Crippen LogP contribution in [0, 0.1) is 23.7 Å². The monoisotopic (exact) mass is 625 g/mol. The number of carbonyl (C=O) groups excluding carboxylic acids is 3. The molecule has 0 unspecified atom stereocenters. The van der Waals surface area contributed by atoms with Crippen LogP contribution in [0.3, 0.4) is 0 Å². The molecule has 47 heavy (non-hydrogen) atoms. The van der Waals surface area contributed by atoms with Gasteiger partial charge in [-0.25, -0.2) is 0 Å². The minimum Gasteiger partial charge on any atom is -0.376 e. The summed E-state index contributed by atoms with van der Waals surface area (Å²) in [5, 5.41) is 17.0. The van der Waals surface area contributed by atoms with Crippen LogP contribution in [0.25, 0.3) is 10.9 Å². The summed E-state index contributed by atoms with van der Waals surface area (Å²) < 4.78 is 11.6. The van der Waals surface area contributed by atoms with Gasteiger partial charge in [0.15, 0.2) is 5.60 Å². The number of H-pyrrole nitrogens is 1. The number of ketones is 1. The fourth-order valence-electron chi connectivity index (χ4n) is 5.32. The summed E-state index contributed by atoms with van der Waals surface area (Å²) in [6.07, 6.45) is 4.57. The molecule has 1 heterocycles. The molecule has 2 bridgehead atoms. The number of aromatic nitrogens is 1. The molecule has 2 amide bonds. The molecule has 0 radical (unpaired) electrons. The Labute approximate surface area is 271 Å². The second-order valence-electron chi connectivity index (χ2n) is 11.1. The van der Waals surface area contributed by atoms with E-state index in [1.54, 1.807) is 36.4 Å². The van der Waals surface area contributed by atoms with Crippen molar-refractivity contribution in [1.82, 2.24) is 4.98 Å². The van der Waals surface area contributed by atoms with Gasteiger partial charge in [-0.15, -0.1) is 0 Å². The third-order valence-electron chi connectivity index (χ3n) is 7.77. The number of fused-ring (bicyclic) bond motifs is 3. The summed E-state index contributed by atoms with van der Waals surface area (Å²) in [6, 6.07) is 23.8. The first-order valence-corrected chi connectivity index (χ1v) is 15.1. The zero-order valence-electron chi connectivity index (χ0n) is 25.3. The smallest absolute Gasteiger partial charge is 0.272 e. The molecule has 0 saturated heterocycles. The van der Waals surface area contributed by atoms with E-state index in [2.05, 4.69) is 39.3 Å². The quantitative estimate of drug-likeness (QED) is 0.111. The van der Waals surface area contributed by atoms with Crippen LogP contribution in [0.5, 0.6) is 0 Å². The van der Waals surface area contributed by atoms with Crippen molar-refractivity contribution in [2.45, 2.75) is 37.6 Å². The van der Waals surface area contributed by atoms with Crippen LogP contribution in [0.1, 0.15) is 34.5 Å². The lowest BCUT2D eigenvalue weighted by molar-refractivity contribution is -0.156. The molecule has 2 aliphatic carbocycles. The predicted molar refractivity (Wildman–Crippen MR) is 178 cm³/mol. The predicted octanol–water partition coefficient (Wildman–Crippen LogP) is 5.06. The number of aliphatic hydroxyl groups is 1. The number of nitrogens with one attached hydrogen (secondary N) is 3. The number of ether oxygens (including phenoxy) is 2. The Bertz CT molecular complexity index is 1970. The van der Waals surface area contributed by atoms with Crippen molar-refractivity contribution in [1.29, 1.82) is 0 Å². The highest BCUT2D eigenvalue weighted by molar-refractivity contribution is 6.07. The molecule has 9 heteroatoms. The maximum Gasteiger partial charge on any atom is 0.272 e. The number of anilines is 2. The van der Waals surface area contributed by atoms with Gasteiger partial charge in [0, 0.05) is 27.9 Å². The van der Waals surface area contributed by atoms with Gasteiger partial charge in [0.25, 0.3) is 5.91 Å². The molecule has 0 spiro atoms. The first kappa shape index (κ1) is 31.3. The number of aliphatic hydroxyl groups excluding tert-OH is 1. The van der Waals surface area contributed by atoms with E-state index in [-0.39, 0.29) is 37.2 Å². The van der Waals surface area contributed by atoms with Crippen LogP contribution in [-0.2, 0) is 32.1 Å². The third-order valence-corrected chi connectivity index (χ3v) is 7.77. The van der Waals surface area contributed by atoms with E-state index >= 15 is 0 Å². The average Bonchev–Trinajstić information content (AvgIpc) is 3.52. The fraction of sp³-hybridized carbons (Fsp3) is 0.184. The minimum atomic E-state index is -1.40. The van der Waals surface area contributed by atoms with Crippen LogP contribution < -0.4 is 10.6 Å². The summed E-state index contributed by atoms with van der Waals surface area (Å²) in [6.45, 7) is 0.0544. The molecule has 0 saturated carbocycles. The second kappa shape index (κ2) is 14.2. The average molecular weight is 626 g/mol. The third kappa shape index (κ3) is 7.58. The molecular weight excluding hydrogens is 594 g/mol. The Balaban J connectivity index is 0.959. The highest BCUT2D eigenvalue weighted by Gasteiger charge is 2.43. The van der Waals surface area contributed by atoms with E-state index in [1.165, 1.54) is 12.2 Å². The highest BCUT2D eigenvalue weighted by atomic mass is 16.7. The van der Waals surface area contributed by atoms with Gasteiger partial charge in [-0.05, 0) is 72.5 Å². The Morgan fingerprint density at radius 3 is 2.45 bits per heavy atom. The molecule has 4 N–H and O–H groups in total. The zero-order chi connectivity index (χ0) is 32.6. The Kier molecular flexibility index (Phi) is 9.42. The number of hydrogen-bond donors (Lipinski definition) is 4. The van der Waals surface area contributed by atoms with Crippen molar-refractivity contribution in [3.8, 4) is 23.7 Å². The SMILES string of the molecule is O=C(Cc1ccc(COCO[C@@]23C#C/C=C\C#C[C@H](O)C(=CCC2)C3=O)cc1)Nc1ccc(NC(=O)c2cc3ccccc3[nH]2)cc1. The number of para-hydroxylation sites is 1. The summed E-state index contributed by atoms with van der Waals surface area (Å²) in [4.78, 5) is 41.6. The van der Waals surface area contributed by atoms with Gasteiger partial charge < -0.3 is 30.2 Å². The van der Waals surface area contributed by atoms with Crippen LogP contribution in [0.4, 0.5) is 11.4 Å². The molecule has 1 aromatic heterocycles. The standard InChI is InChI=1S/C38H31N3O6/c42-34-11-3-1-2-6-20-38(21-7-9-31(34)36(38)44)47-25-46-24-27-14-12-26(13-15-27)22-35(43)39-29-16-18-30(19-17-29)40-37(45)33-23-28-8-4-5-10-32(28)41-33/h1-2,4-5,8-10,12-19,23,34,41-42H,7,21-22,24-25H2,(H,39,43)(H,40,45)/b2-1-/t34-,38-/m0/s1. The van der Waals surface area contributed by atoms with Gasteiger partial charge in [0.05, 0.1) is 13.0 Å². The van der Waals surface area contributed by atoms with Gasteiger partial charge >= 0.3 is 0 Å². The van der Waals surface area contributed by atoms with E-state index in [1.807, 2.05) is 48.5 Å². The van der Waals surface area contributed by atoms with Gasteiger partial charge in [-0.3, -0.25) is 14.4 Å². The van der Waals surface area contributed by atoms with E-state index in [4.69, 9.17) is 9.47 Å².